The molecule has 376 valence electrons. The van der Waals surface area contributed by atoms with E-state index in [1.54, 1.807) is 0 Å². The second-order valence-corrected chi connectivity index (χ2v) is 18.1. The van der Waals surface area contributed by atoms with Crippen molar-refractivity contribution in [3.05, 3.63) is 11.8 Å². The second kappa shape index (κ2) is 21.1. The first-order valence-corrected chi connectivity index (χ1v) is 23.0. The van der Waals surface area contributed by atoms with E-state index in [2.05, 4.69) is 17.9 Å². The van der Waals surface area contributed by atoms with Crippen molar-refractivity contribution < 1.29 is 153 Å². The average molecular weight is 1040 g/mol. The molecule has 0 saturated carbocycles. The van der Waals surface area contributed by atoms with Gasteiger partial charge in [0, 0.05) is 6.92 Å². The van der Waals surface area contributed by atoms with Crippen molar-refractivity contribution in [3.8, 4) is 0 Å². The fraction of sp³-hybridized carbons (Fsp3) is 0.808. The van der Waals surface area contributed by atoms with Gasteiger partial charge in [0.2, 0.25) is 18.0 Å². The molecule has 1 amide bonds. The molecule has 4 unspecified atom stereocenters. The Hall–Kier alpha value is -3.05. The number of nitrogens with one attached hydrogen (secondary N) is 2. The molecule has 4 rings (SSSR count). The third kappa shape index (κ3) is 15.0. The number of hydrogen-bond acceptors (Lipinski definition) is 27. The maximum absolute atomic E-state index is 12.6. The third-order valence-electron chi connectivity index (χ3n) is 9.06. The van der Waals surface area contributed by atoms with Crippen LogP contribution in [0.25, 0.3) is 0 Å². The van der Waals surface area contributed by atoms with Crippen molar-refractivity contribution in [2.24, 2.45) is 0 Å². The number of aliphatic hydroxyl groups is 6. The summed E-state index contributed by atoms with van der Waals surface area (Å²) in [7, 11) is -22.2. The molecule has 0 aliphatic carbocycles. The SMILES string of the molecule is CC(=O)N[C@H]1[C@@H](OC2[C@@H](C(=O)O)O[C@@H](OC3[C@@H](COS(=O)(=O)O)OC(O)[C@H](NS(=O)(=O)O)[C@H]3OS(=O)(=O)O)[C@H](O)[C@H]2O)O[C@H](COS(=O)(=O)O)C(O[C@@H]2OC(C(=O)O)=C[C@H](O)[C@H]2O)[C@@H]1O. The van der Waals surface area contributed by atoms with Gasteiger partial charge in [-0.15, -0.1) is 0 Å². The van der Waals surface area contributed by atoms with Crippen LogP contribution in [0.15, 0.2) is 11.8 Å². The zero-order chi connectivity index (χ0) is 49.3. The van der Waals surface area contributed by atoms with E-state index in [1.807, 2.05) is 0 Å². The molecule has 0 bridgehead atoms. The lowest BCUT2D eigenvalue weighted by Crippen LogP contribution is -2.70. The Labute approximate surface area is 364 Å². The van der Waals surface area contributed by atoms with E-state index >= 15 is 0 Å². The molecule has 0 aromatic heterocycles. The highest BCUT2D eigenvalue weighted by Gasteiger charge is 2.58. The Bertz CT molecular complexity index is 2210. The lowest BCUT2D eigenvalue weighted by Gasteiger charge is -2.49. The van der Waals surface area contributed by atoms with Gasteiger partial charge in [0.1, 0.15) is 79.2 Å². The molecule has 0 spiro atoms. The number of aliphatic carboxylic acids is 2. The van der Waals surface area contributed by atoms with Gasteiger partial charge in [0.25, 0.3) is 0 Å². The van der Waals surface area contributed by atoms with Crippen molar-refractivity contribution in [1.82, 2.24) is 10.0 Å². The van der Waals surface area contributed by atoms with Crippen LogP contribution in [0.3, 0.4) is 0 Å². The lowest BCUT2D eigenvalue weighted by molar-refractivity contribution is -0.364. The van der Waals surface area contributed by atoms with E-state index in [-0.39, 0.29) is 0 Å². The number of rotatable bonds is 19. The maximum Gasteiger partial charge on any atom is 0.397 e. The molecule has 4 heterocycles. The van der Waals surface area contributed by atoms with Gasteiger partial charge in [-0.25, -0.2) is 22.1 Å². The molecule has 18 atom stereocenters. The van der Waals surface area contributed by atoms with Crippen molar-refractivity contribution in [3.63, 3.8) is 0 Å². The molecule has 4 aliphatic heterocycles. The Balaban J connectivity index is 1.71. The maximum atomic E-state index is 12.6. The summed E-state index contributed by atoms with van der Waals surface area (Å²) < 4.78 is 181. The summed E-state index contributed by atoms with van der Waals surface area (Å²) in [6, 6.07) is -4.69. The summed E-state index contributed by atoms with van der Waals surface area (Å²) in [5, 5.41) is 86.6. The third-order valence-corrected chi connectivity index (χ3v) is 11.0. The number of ether oxygens (including phenoxy) is 7. The van der Waals surface area contributed by atoms with Crippen LogP contribution in [0.1, 0.15) is 6.92 Å². The van der Waals surface area contributed by atoms with Crippen LogP contribution in [0.2, 0.25) is 0 Å². The molecule has 0 radical (unpaired) electrons. The van der Waals surface area contributed by atoms with E-state index in [4.69, 9.17) is 37.7 Å². The summed E-state index contributed by atoms with van der Waals surface area (Å²) in [5.41, 5.74) is 0. The van der Waals surface area contributed by atoms with Crippen molar-refractivity contribution in [2.75, 3.05) is 13.2 Å². The summed E-state index contributed by atoms with van der Waals surface area (Å²) in [5.74, 6) is -6.05. The van der Waals surface area contributed by atoms with Gasteiger partial charge in [-0.3, -0.25) is 23.0 Å². The minimum atomic E-state index is -5.83. The Morgan fingerprint density at radius 1 is 0.631 bits per heavy atom. The number of carbonyl (C=O) groups is 3. The fourth-order valence-electron chi connectivity index (χ4n) is 6.45. The normalized spacial score (nSPS) is 38.5. The van der Waals surface area contributed by atoms with E-state index in [0.29, 0.717) is 6.08 Å². The Kier molecular flexibility index (Phi) is 17.7. The van der Waals surface area contributed by atoms with Crippen LogP contribution in [-0.2, 0) is 102 Å². The lowest BCUT2D eigenvalue weighted by atomic mass is 9.94. The molecule has 0 aromatic rings. The topological polar surface area (TPSA) is 547 Å². The molecule has 3 saturated heterocycles. The molecule has 3 fully saturated rings. The first-order valence-electron chi connectivity index (χ1n) is 17.4. The minimum Gasteiger partial charge on any atom is -0.479 e. The second-order valence-electron chi connectivity index (χ2n) is 13.7. The first-order chi connectivity index (χ1) is 29.7. The molecule has 65 heavy (non-hydrogen) atoms. The molecule has 14 N–H and O–H groups in total. The first kappa shape index (κ1) is 54.6. The molecular formula is C26H40N2O33S4. The highest BCUT2D eigenvalue weighted by Crippen LogP contribution is 2.35. The molecule has 0 aromatic carbocycles. The van der Waals surface area contributed by atoms with Gasteiger partial charge in [-0.1, -0.05) is 0 Å². The summed E-state index contributed by atoms with van der Waals surface area (Å²) in [6.07, 6.45) is -38.8. The van der Waals surface area contributed by atoms with Crippen molar-refractivity contribution in [2.45, 2.75) is 117 Å². The van der Waals surface area contributed by atoms with Crippen LogP contribution in [-0.4, -0.2) is 234 Å². The van der Waals surface area contributed by atoms with E-state index in [0.717, 1.165) is 6.92 Å². The largest absolute Gasteiger partial charge is 0.479 e. The van der Waals surface area contributed by atoms with Crippen LogP contribution in [0, 0.1) is 0 Å². The van der Waals surface area contributed by atoms with E-state index < -0.39 is 189 Å². The van der Waals surface area contributed by atoms with Crippen molar-refractivity contribution in [1.29, 1.82) is 0 Å². The number of carboxylic acids is 2. The van der Waals surface area contributed by atoms with E-state index in [9.17, 15) is 103 Å². The molecule has 39 heteroatoms. The zero-order valence-electron chi connectivity index (χ0n) is 32.0. The van der Waals surface area contributed by atoms with Crippen LogP contribution < -0.4 is 10.0 Å². The number of aliphatic hydroxyl groups excluding tert-OH is 6. The predicted molar refractivity (Wildman–Crippen MR) is 189 cm³/mol. The minimum absolute atomic E-state index is 0.539. The van der Waals surface area contributed by atoms with Crippen LogP contribution in [0.4, 0.5) is 0 Å². The fourth-order valence-corrected chi connectivity index (χ4v) is 8.16. The zero-order valence-corrected chi connectivity index (χ0v) is 35.2. The molecule has 35 nitrogen and oxygen atoms in total. The average Bonchev–Trinajstić information content (AvgIpc) is 3.14. The van der Waals surface area contributed by atoms with Gasteiger partial charge in [-0.2, -0.15) is 38.4 Å². The van der Waals surface area contributed by atoms with Crippen LogP contribution >= 0.6 is 0 Å². The van der Waals surface area contributed by atoms with Gasteiger partial charge in [0.15, 0.2) is 25.0 Å². The monoisotopic (exact) mass is 1040 g/mol. The smallest absolute Gasteiger partial charge is 0.397 e. The van der Waals surface area contributed by atoms with Gasteiger partial charge in [0.05, 0.1) is 13.2 Å². The van der Waals surface area contributed by atoms with Crippen LogP contribution in [0.5, 0.6) is 0 Å². The standard InChI is InChI=1S/C26H40N2O33S4/c1-5(29)27-10-13(32)16(57-25-12(31)6(30)2-7(55-25)21(35)36)8(3-52-63(43,44)45)56-24(10)59-19-14(33)15(34)26(60-20(19)22(37)38)58-17-9(4-53-64(46,47)48)54-23(39)11(28-62(40,41)42)18(17)61-65(49,50)51/h2,6,8-20,23-26,28,30-34,39H,3-4H2,1H3,(H,27,29)(H,35,36)(H,37,38)(H,40,41,42)(H,43,44,45)(H,46,47,48)(H,49,50,51)/t6-,8+,9+,10+,11+,12+,13+,14+,15+,16?,17?,18+,19?,20-,23?,24+,25-,26+/m0/s1. The highest BCUT2D eigenvalue weighted by molar-refractivity contribution is 7.83. The Morgan fingerprint density at radius 3 is 1.66 bits per heavy atom. The summed E-state index contributed by atoms with van der Waals surface area (Å²) in [4.78, 5) is 36.5. The number of hydrogen-bond donors (Lipinski definition) is 14. The quantitative estimate of drug-likeness (QED) is 0.0534. The predicted octanol–water partition coefficient (Wildman–Crippen LogP) is -9.38. The van der Waals surface area contributed by atoms with Gasteiger partial charge in [-0.05, 0) is 6.08 Å². The summed E-state index contributed by atoms with van der Waals surface area (Å²) in [6.45, 7) is -2.14. The highest BCUT2D eigenvalue weighted by atomic mass is 32.3. The van der Waals surface area contributed by atoms with Crippen molar-refractivity contribution >= 4 is 59.3 Å². The van der Waals surface area contributed by atoms with E-state index in [1.165, 1.54) is 4.72 Å². The number of carbonyl (C=O) groups excluding carboxylic acids is 1. The van der Waals surface area contributed by atoms with Gasteiger partial charge >= 0.3 is 53.4 Å². The summed E-state index contributed by atoms with van der Waals surface area (Å²) >= 11 is 0. The molecular weight excluding hydrogens is 997 g/mol. The number of amides is 1. The Morgan fingerprint density at radius 2 is 1.17 bits per heavy atom. The number of carboxylic acid groups (broad SMARTS) is 2. The van der Waals surface area contributed by atoms with Gasteiger partial charge < -0.3 is 79.3 Å². The molecule has 4 aliphatic rings.